The first-order valence-electron chi connectivity index (χ1n) is 5.88. The summed E-state index contributed by atoms with van der Waals surface area (Å²) in [6.07, 6.45) is 1.77. The highest BCUT2D eigenvalue weighted by Gasteiger charge is 2.06. The quantitative estimate of drug-likeness (QED) is 0.763. The van der Waals surface area contributed by atoms with Gasteiger partial charge < -0.3 is 15.2 Å². The van der Waals surface area contributed by atoms with Crippen molar-refractivity contribution in [2.24, 2.45) is 0 Å². The lowest BCUT2D eigenvalue weighted by molar-refractivity contribution is -0.131. The van der Waals surface area contributed by atoms with Crippen LogP contribution in [0.5, 0.6) is 5.75 Å². The summed E-state index contributed by atoms with van der Waals surface area (Å²) in [5.41, 5.74) is 1.15. The summed E-state index contributed by atoms with van der Waals surface area (Å²) in [4.78, 5) is 21.5. The molecule has 5 heteroatoms. The molecule has 2 N–H and O–H groups in total. The highest BCUT2D eigenvalue weighted by molar-refractivity contribution is 5.93. The zero-order valence-corrected chi connectivity index (χ0v) is 10.9. The standard InChI is InChI=1S/C14H17NO4/c1-10-3-5-12(6-4-10)19-9-11(2)15-13(16)7-8-14(17)18/h3-8,11H,9H2,1-2H3,(H,15,16)(H,17,18)/b8-7+. The minimum Gasteiger partial charge on any atom is -0.491 e. The van der Waals surface area contributed by atoms with Crippen molar-refractivity contribution in [3.63, 3.8) is 0 Å². The molecule has 0 aliphatic rings. The van der Waals surface area contributed by atoms with Gasteiger partial charge in [-0.25, -0.2) is 4.79 Å². The van der Waals surface area contributed by atoms with Gasteiger partial charge in [0.1, 0.15) is 12.4 Å². The summed E-state index contributed by atoms with van der Waals surface area (Å²) < 4.78 is 5.49. The first-order chi connectivity index (χ1) is 8.97. The van der Waals surface area contributed by atoms with Crippen molar-refractivity contribution in [1.82, 2.24) is 5.32 Å². The largest absolute Gasteiger partial charge is 0.491 e. The number of carboxylic acids is 1. The van der Waals surface area contributed by atoms with Crippen LogP contribution in [0, 0.1) is 6.92 Å². The summed E-state index contributed by atoms with van der Waals surface area (Å²) in [5, 5.41) is 11.0. The number of ether oxygens (including phenoxy) is 1. The molecule has 0 aliphatic carbocycles. The molecule has 1 aromatic carbocycles. The molecule has 0 spiro atoms. The van der Waals surface area contributed by atoms with Crippen molar-refractivity contribution in [2.75, 3.05) is 6.61 Å². The van der Waals surface area contributed by atoms with Crippen LogP contribution in [0.2, 0.25) is 0 Å². The second-order valence-electron chi connectivity index (χ2n) is 4.21. The van der Waals surface area contributed by atoms with E-state index in [9.17, 15) is 9.59 Å². The molecule has 1 atom stereocenters. The van der Waals surface area contributed by atoms with E-state index in [4.69, 9.17) is 9.84 Å². The maximum Gasteiger partial charge on any atom is 0.328 e. The van der Waals surface area contributed by atoms with Crippen molar-refractivity contribution >= 4 is 11.9 Å². The van der Waals surface area contributed by atoms with Crippen LogP contribution >= 0.6 is 0 Å². The van der Waals surface area contributed by atoms with Crippen LogP contribution in [0.15, 0.2) is 36.4 Å². The molecule has 102 valence electrons. The number of carbonyl (C=O) groups excluding carboxylic acids is 1. The van der Waals surface area contributed by atoms with E-state index in [-0.39, 0.29) is 6.04 Å². The molecule has 0 aliphatic heterocycles. The Bertz CT molecular complexity index is 465. The predicted molar refractivity (Wildman–Crippen MR) is 71.1 cm³/mol. The molecule has 5 nitrogen and oxygen atoms in total. The van der Waals surface area contributed by atoms with Crippen molar-refractivity contribution in [2.45, 2.75) is 19.9 Å². The summed E-state index contributed by atoms with van der Waals surface area (Å²) in [6, 6.07) is 7.37. The normalized spacial score (nSPS) is 12.1. The monoisotopic (exact) mass is 263 g/mol. The van der Waals surface area contributed by atoms with Gasteiger partial charge in [-0.1, -0.05) is 17.7 Å². The highest BCUT2D eigenvalue weighted by Crippen LogP contribution is 2.11. The fourth-order valence-electron chi connectivity index (χ4n) is 1.34. The number of aryl methyl sites for hydroxylation is 1. The van der Waals surface area contributed by atoms with Crippen LogP contribution in [-0.2, 0) is 9.59 Å². The van der Waals surface area contributed by atoms with E-state index in [1.807, 2.05) is 31.2 Å². The van der Waals surface area contributed by atoms with Crippen LogP contribution in [0.25, 0.3) is 0 Å². The van der Waals surface area contributed by atoms with Gasteiger partial charge in [0.2, 0.25) is 5.91 Å². The Balaban J connectivity index is 2.35. The number of rotatable bonds is 6. The van der Waals surface area contributed by atoms with Gasteiger partial charge in [-0.15, -0.1) is 0 Å². The fourth-order valence-corrected chi connectivity index (χ4v) is 1.34. The number of hydrogen-bond donors (Lipinski definition) is 2. The highest BCUT2D eigenvalue weighted by atomic mass is 16.5. The van der Waals surface area contributed by atoms with Crippen LogP contribution in [-0.4, -0.2) is 29.6 Å². The van der Waals surface area contributed by atoms with Gasteiger partial charge in [0.15, 0.2) is 0 Å². The Kier molecular flexibility index (Phi) is 5.60. The fraction of sp³-hybridized carbons (Fsp3) is 0.286. The lowest BCUT2D eigenvalue weighted by atomic mass is 10.2. The molecular weight excluding hydrogens is 246 g/mol. The smallest absolute Gasteiger partial charge is 0.328 e. The number of carboxylic acid groups (broad SMARTS) is 1. The summed E-state index contributed by atoms with van der Waals surface area (Å²) in [6.45, 7) is 4.08. The number of nitrogens with one attached hydrogen (secondary N) is 1. The molecule has 1 rings (SSSR count). The molecule has 0 bridgehead atoms. The van der Waals surface area contributed by atoms with Crippen molar-refractivity contribution in [3.05, 3.63) is 42.0 Å². The number of carbonyl (C=O) groups is 2. The SMILES string of the molecule is Cc1ccc(OCC(C)NC(=O)/C=C/C(=O)O)cc1. The molecular formula is C14H17NO4. The summed E-state index contributed by atoms with van der Waals surface area (Å²) in [5.74, 6) is -0.881. The van der Waals surface area contributed by atoms with Crippen molar-refractivity contribution in [3.8, 4) is 5.75 Å². The Hall–Kier alpha value is -2.30. The third kappa shape index (κ3) is 6.26. The summed E-state index contributed by atoms with van der Waals surface area (Å²) in [7, 11) is 0. The Morgan fingerprint density at radius 2 is 1.95 bits per heavy atom. The van der Waals surface area contributed by atoms with Gasteiger partial charge in [-0.3, -0.25) is 4.79 Å². The third-order valence-electron chi connectivity index (χ3n) is 2.29. The Labute approximate surface area is 111 Å². The van der Waals surface area contributed by atoms with Crippen molar-refractivity contribution in [1.29, 1.82) is 0 Å². The molecule has 19 heavy (non-hydrogen) atoms. The maximum absolute atomic E-state index is 11.3. The number of hydrogen-bond acceptors (Lipinski definition) is 3. The Morgan fingerprint density at radius 1 is 1.32 bits per heavy atom. The van der Waals surface area contributed by atoms with Crippen LogP contribution in [0.3, 0.4) is 0 Å². The predicted octanol–water partition coefficient (Wildman–Crippen LogP) is 1.52. The van der Waals surface area contributed by atoms with Gasteiger partial charge in [-0.2, -0.15) is 0 Å². The Morgan fingerprint density at radius 3 is 2.53 bits per heavy atom. The number of benzene rings is 1. The number of amides is 1. The van der Waals surface area contributed by atoms with Crippen LogP contribution < -0.4 is 10.1 Å². The van der Waals surface area contributed by atoms with Gasteiger partial charge in [0, 0.05) is 12.2 Å². The van der Waals surface area contributed by atoms with Crippen LogP contribution in [0.1, 0.15) is 12.5 Å². The van der Waals surface area contributed by atoms with Gasteiger partial charge in [-0.05, 0) is 26.0 Å². The molecule has 0 fully saturated rings. The van der Waals surface area contributed by atoms with Gasteiger partial charge in [0.05, 0.1) is 6.04 Å². The molecule has 1 aromatic rings. The van der Waals surface area contributed by atoms with E-state index in [0.29, 0.717) is 6.61 Å². The van der Waals surface area contributed by atoms with Crippen molar-refractivity contribution < 1.29 is 19.4 Å². The minimum absolute atomic E-state index is 0.216. The topological polar surface area (TPSA) is 75.6 Å². The lowest BCUT2D eigenvalue weighted by Gasteiger charge is -2.14. The number of aliphatic carboxylic acids is 1. The van der Waals surface area contributed by atoms with E-state index in [0.717, 1.165) is 23.5 Å². The molecule has 0 heterocycles. The molecule has 0 radical (unpaired) electrons. The van der Waals surface area contributed by atoms with E-state index >= 15 is 0 Å². The van der Waals surface area contributed by atoms with E-state index in [1.165, 1.54) is 0 Å². The first-order valence-corrected chi connectivity index (χ1v) is 5.88. The average molecular weight is 263 g/mol. The van der Waals surface area contributed by atoms with E-state index in [1.54, 1.807) is 6.92 Å². The summed E-state index contributed by atoms with van der Waals surface area (Å²) >= 11 is 0. The zero-order chi connectivity index (χ0) is 14.3. The molecule has 1 unspecified atom stereocenters. The zero-order valence-electron chi connectivity index (χ0n) is 10.9. The molecule has 0 saturated carbocycles. The first kappa shape index (κ1) is 14.8. The average Bonchev–Trinajstić information content (AvgIpc) is 2.36. The van der Waals surface area contributed by atoms with E-state index in [2.05, 4.69) is 5.32 Å². The molecule has 1 amide bonds. The minimum atomic E-state index is -1.15. The van der Waals surface area contributed by atoms with Gasteiger partial charge in [0.25, 0.3) is 0 Å². The van der Waals surface area contributed by atoms with E-state index < -0.39 is 11.9 Å². The second kappa shape index (κ2) is 7.20. The second-order valence-corrected chi connectivity index (χ2v) is 4.21. The van der Waals surface area contributed by atoms with Gasteiger partial charge >= 0.3 is 5.97 Å². The third-order valence-corrected chi connectivity index (χ3v) is 2.29. The molecule has 0 saturated heterocycles. The van der Waals surface area contributed by atoms with Crippen LogP contribution in [0.4, 0.5) is 0 Å². The lowest BCUT2D eigenvalue weighted by Crippen LogP contribution is -2.35. The molecule has 0 aromatic heterocycles. The maximum atomic E-state index is 11.3.